The van der Waals surface area contributed by atoms with Gasteiger partial charge in [-0.2, -0.15) is 0 Å². The van der Waals surface area contributed by atoms with Crippen molar-refractivity contribution in [3.8, 4) is 0 Å². The summed E-state index contributed by atoms with van der Waals surface area (Å²) in [6, 6.07) is 3.09. The molecule has 1 N–H and O–H groups in total. The number of thiophene rings is 1. The van der Waals surface area contributed by atoms with E-state index in [2.05, 4.69) is 29.6 Å². The van der Waals surface area contributed by atoms with Crippen LogP contribution in [0, 0.1) is 5.92 Å². The van der Waals surface area contributed by atoms with Crippen molar-refractivity contribution in [2.24, 2.45) is 5.92 Å². The van der Waals surface area contributed by atoms with E-state index in [1.807, 2.05) is 0 Å². The fourth-order valence-electron chi connectivity index (χ4n) is 3.72. The summed E-state index contributed by atoms with van der Waals surface area (Å²) < 4.78 is 5.51. The Hall–Kier alpha value is -0.380. The van der Waals surface area contributed by atoms with Crippen molar-refractivity contribution in [3.05, 3.63) is 21.4 Å². The van der Waals surface area contributed by atoms with Crippen LogP contribution >= 0.6 is 11.3 Å². The number of hydrogen-bond acceptors (Lipinski definition) is 3. The van der Waals surface area contributed by atoms with E-state index in [4.69, 9.17) is 4.74 Å². The van der Waals surface area contributed by atoms with Crippen LogP contribution in [0.4, 0.5) is 0 Å². The summed E-state index contributed by atoms with van der Waals surface area (Å²) in [6.07, 6.45) is 10.6. The van der Waals surface area contributed by atoms with Crippen LogP contribution in [0.2, 0.25) is 0 Å². The molecule has 1 saturated heterocycles. The molecule has 0 bridgehead atoms. The van der Waals surface area contributed by atoms with Crippen LogP contribution < -0.4 is 5.32 Å². The monoisotopic (exact) mass is 307 g/mol. The number of nitrogens with one attached hydrogen (secondary N) is 1. The van der Waals surface area contributed by atoms with Crippen molar-refractivity contribution in [3.63, 3.8) is 0 Å². The lowest BCUT2D eigenvalue weighted by atomic mass is 9.91. The van der Waals surface area contributed by atoms with Gasteiger partial charge in [0.2, 0.25) is 0 Å². The van der Waals surface area contributed by atoms with E-state index in [0.29, 0.717) is 6.04 Å². The van der Waals surface area contributed by atoms with Gasteiger partial charge in [-0.25, -0.2) is 0 Å². The molecule has 1 unspecified atom stereocenters. The third kappa shape index (κ3) is 4.08. The van der Waals surface area contributed by atoms with Gasteiger partial charge in [0.05, 0.1) is 0 Å². The number of aryl methyl sites for hydroxylation is 2. The molecule has 0 aromatic carbocycles. The van der Waals surface area contributed by atoms with Gasteiger partial charge in [-0.15, -0.1) is 11.3 Å². The van der Waals surface area contributed by atoms with Gasteiger partial charge < -0.3 is 10.1 Å². The van der Waals surface area contributed by atoms with Crippen LogP contribution in [0.5, 0.6) is 0 Å². The summed E-state index contributed by atoms with van der Waals surface area (Å²) in [7, 11) is 0. The SMILES string of the molecule is CCNC(CC1CCOCC1)c1cc2c(s1)CCCCC2. The van der Waals surface area contributed by atoms with Gasteiger partial charge in [0.25, 0.3) is 0 Å². The highest BCUT2D eigenvalue weighted by Crippen LogP contribution is 2.36. The molecule has 0 saturated carbocycles. The molecule has 1 aromatic rings. The Balaban J connectivity index is 1.70. The fourth-order valence-corrected chi connectivity index (χ4v) is 5.07. The van der Waals surface area contributed by atoms with Gasteiger partial charge in [0, 0.05) is 29.0 Å². The maximum Gasteiger partial charge on any atom is 0.0468 e. The van der Waals surface area contributed by atoms with Crippen LogP contribution in [0.1, 0.15) is 66.8 Å². The zero-order chi connectivity index (χ0) is 14.5. The van der Waals surface area contributed by atoms with Crippen molar-refractivity contribution >= 4 is 11.3 Å². The van der Waals surface area contributed by atoms with Crippen LogP contribution in [-0.4, -0.2) is 19.8 Å². The molecule has 1 aromatic heterocycles. The number of fused-ring (bicyclic) bond motifs is 1. The van der Waals surface area contributed by atoms with Crippen LogP contribution in [0.15, 0.2) is 6.07 Å². The first-order valence-corrected chi connectivity index (χ1v) is 9.61. The number of ether oxygens (including phenoxy) is 1. The highest BCUT2D eigenvalue weighted by atomic mass is 32.1. The third-order valence-corrected chi connectivity index (χ3v) is 6.32. The predicted octanol–water partition coefficient (Wildman–Crippen LogP) is 4.48. The van der Waals surface area contributed by atoms with Gasteiger partial charge in [0.15, 0.2) is 0 Å². The maximum absolute atomic E-state index is 5.51. The van der Waals surface area contributed by atoms with Gasteiger partial charge in [-0.05, 0) is 69.0 Å². The highest BCUT2D eigenvalue weighted by Gasteiger charge is 2.23. The first-order chi connectivity index (χ1) is 10.4. The van der Waals surface area contributed by atoms with Crippen LogP contribution in [0.25, 0.3) is 0 Å². The Morgan fingerprint density at radius 2 is 2.05 bits per heavy atom. The quantitative estimate of drug-likeness (QED) is 0.810. The first-order valence-electron chi connectivity index (χ1n) is 8.79. The standard InChI is InChI=1S/C18H29NOS/c1-2-19-16(12-14-8-10-20-11-9-14)18-13-15-6-4-3-5-7-17(15)21-18/h13-14,16,19H,2-12H2,1H3. The summed E-state index contributed by atoms with van der Waals surface area (Å²) in [6.45, 7) is 5.22. The van der Waals surface area contributed by atoms with Crippen molar-refractivity contribution < 1.29 is 4.74 Å². The van der Waals surface area contributed by atoms with Crippen molar-refractivity contribution in [2.45, 2.75) is 64.3 Å². The molecule has 0 spiro atoms. The van der Waals surface area contributed by atoms with Gasteiger partial charge >= 0.3 is 0 Å². The Labute approximate surface area is 133 Å². The predicted molar refractivity (Wildman–Crippen MR) is 90.2 cm³/mol. The van der Waals surface area contributed by atoms with E-state index < -0.39 is 0 Å². The zero-order valence-electron chi connectivity index (χ0n) is 13.3. The summed E-state index contributed by atoms with van der Waals surface area (Å²) in [5.74, 6) is 0.838. The molecule has 1 aliphatic carbocycles. The maximum atomic E-state index is 5.51. The normalized spacial score (nSPS) is 21.8. The molecule has 3 rings (SSSR count). The highest BCUT2D eigenvalue weighted by molar-refractivity contribution is 7.12. The summed E-state index contributed by atoms with van der Waals surface area (Å²) in [4.78, 5) is 3.27. The molecule has 2 heterocycles. The van der Waals surface area contributed by atoms with Crippen LogP contribution in [-0.2, 0) is 17.6 Å². The fraction of sp³-hybridized carbons (Fsp3) is 0.778. The lowest BCUT2D eigenvalue weighted by molar-refractivity contribution is 0.0607. The van der Waals surface area contributed by atoms with Crippen LogP contribution in [0.3, 0.4) is 0 Å². The lowest BCUT2D eigenvalue weighted by Gasteiger charge is -2.26. The number of hydrogen-bond donors (Lipinski definition) is 1. The Kier molecular flexibility index (Phi) is 5.73. The van der Waals surface area contributed by atoms with E-state index in [1.165, 1.54) is 51.4 Å². The minimum absolute atomic E-state index is 0.565. The average Bonchev–Trinajstić information content (AvgIpc) is 2.79. The van der Waals surface area contributed by atoms with Gasteiger partial charge in [-0.3, -0.25) is 0 Å². The molecule has 3 heteroatoms. The summed E-state index contributed by atoms with van der Waals surface area (Å²) >= 11 is 2.09. The second-order valence-electron chi connectivity index (χ2n) is 6.56. The van der Waals surface area contributed by atoms with E-state index in [0.717, 1.165) is 25.7 Å². The van der Waals surface area contributed by atoms with Crippen molar-refractivity contribution in [1.29, 1.82) is 0 Å². The summed E-state index contributed by atoms with van der Waals surface area (Å²) in [5, 5.41) is 3.74. The number of rotatable bonds is 5. The molecule has 0 amide bonds. The second kappa shape index (κ2) is 7.75. The minimum atomic E-state index is 0.565. The van der Waals surface area contributed by atoms with E-state index >= 15 is 0 Å². The molecule has 0 radical (unpaired) electrons. The topological polar surface area (TPSA) is 21.3 Å². The summed E-state index contributed by atoms with van der Waals surface area (Å²) in [5.41, 5.74) is 1.65. The van der Waals surface area contributed by atoms with E-state index in [-0.39, 0.29) is 0 Å². The molecule has 1 atom stereocenters. The van der Waals surface area contributed by atoms with Crippen molar-refractivity contribution in [2.75, 3.05) is 19.8 Å². The van der Waals surface area contributed by atoms with E-state index in [9.17, 15) is 0 Å². The molecular weight excluding hydrogens is 278 g/mol. The largest absolute Gasteiger partial charge is 0.381 e. The Bertz CT molecular complexity index is 413. The molecule has 21 heavy (non-hydrogen) atoms. The lowest BCUT2D eigenvalue weighted by Crippen LogP contribution is -2.25. The third-order valence-electron chi connectivity index (χ3n) is 4.97. The smallest absolute Gasteiger partial charge is 0.0468 e. The zero-order valence-corrected chi connectivity index (χ0v) is 14.1. The Morgan fingerprint density at radius 3 is 2.86 bits per heavy atom. The molecule has 118 valence electrons. The van der Waals surface area contributed by atoms with Gasteiger partial charge in [-0.1, -0.05) is 13.3 Å². The molecule has 2 aliphatic rings. The molecule has 2 nitrogen and oxygen atoms in total. The minimum Gasteiger partial charge on any atom is -0.381 e. The molecular formula is C18H29NOS. The first kappa shape index (κ1) is 15.5. The van der Waals surface area contributed by atoms with Crippen molar-refractivity contribution in [1.82, 2.24) is 5.32 Å². The molecule has 1 fully saturated rings. The molecule has 1 aliphatic heterocycles. The van der Waals surface area contributed by atoms with Gasteiger partial charge in [0.1, 0.15) is 0 Å². The Morgan fingerprint density at radius 1 is 1.24 bits per heavy atom. The second-order valence-corrected chi connectivity index (χ2v) is 7.73. The average molecular weight is 308 g/mol. The van der Waals surface area contributed by atoms with E-state index in [1.54, 1.807) is 15.3 Å².